The Balaban J connectivity index is 2.24. The first-order chi connectivity index (χ1) is 8.97. The summed E-state index contributed by atoms with van der Waals surface area (Å²) in [6, 6.07) is 7.35. The van der Waals surface area contributed by atoms with E-state index in [-0.39, 0.29) is 18.4 Å². The maximum absolute atomic E-state index is 11.5. The van der Waals surface area contributed by atoms with Crippen molar-refractivity contribution in [2.24, 2.45) is 5.92 Å². The monoisotopic (exact) mass is 328 g/mol. The molecule has 1 aromatic carbocycles. The zero-order chi connectivity index (χ0) is 14.3. The Morgan fingerprint density at radius 2 is 1.89 bits per heavy atom. The molecule has 1 unspecified atom stereocenters. The van der Waals surface area contributed by atoms with Gasteiger partial charge in [-0.2, -0.15) is 0 Å². The highest BCUT2D eigenvalue weighted by molar-refractivity contribution is 9.10. The van der Waals surface area contributed by atoms with Crippen molar-refractivity contribution in [3.05, 3.63) is 34.3 Å². The summed E-state index contributed by atoms with van der Waals surface area (Å²) in [5.74, 6) is -0.944. The molecule has 0 fully saturated rings. The lowest BCUT2D eigenvalue weighted by Crippen LogP contribution is -2.37. The summed E-state index contributed by atoms with van der Waals surface area (Å²) in [6.07, 6.45) is 0.0486. The van der Waals surface area contributed by atoms with Gasteiger partial charge in [0.2, 0.25) is 0 Å². The SMILES string of the molecule is CC(CNC(=O)NCc1ccc(Br)cc1)CC(=O)O. The first kappa shape index (κ1) is 15.5. The largest absolute Gasteiger partial charge is 0.481 e. The van der Waals surface area contributed by atoms with Crippen LogP contribution in [0.4, 0.5) is 4.79 Å². The molecule has 1 aromatic rings. The number of nitrogens with one attached hydrogen (secondary N) is 2. The van der Waals surface area contributed by atoms with Gasteiger partial charge in [0.05, 0.1) is 0 Å². The molecule has 0 saturated carbocycles. The van der Waals surface area contributed by atoms with Crippen molar-refractivity contribution in [2.45, 2.75) is 19.9 Å². The van der Waals surface area contributed by atoms with Crippen LogP contribution >= 0.6 is 15.9 Å². The maximum Gasteiger partial charge on any atom is 0.315 e. The fourth-order valence-electron chi connectivity index (χ4n) is 1.48. The van der Waals surface area contributed by atoms with Crippen LogP contribution in [0.2, 0.25) is 0 Å². The first-order valence-electron chi connectivity index (χ1n) is 5.95. The Kier molecular flexibility index (Phi) is 6.35. The van der Waals surface area contributed by atoms with Gasteiger partial charge in [-0.1, -0.05) is 35.0 Å². The number of hydrogen-bond donors (Lipinski definition) is 3. The van der Waals surface area contributed by atoms with Crippen molar-refractivity contribution in [3.63, 3.8) is 0 Å². The third kappa shape index (κ3) is 6.81. The zero-order valence-electron chi connectivity index (χ0n) is 10.6. The summed E-state index contributed by atoms with van der Waals surface area (Å²) in [5, 5.41) is 14.0. The number of aliphatic carboxylic acids is 1. The third-order valence-corrected chi connectivity index (χ3v) is 3.03. The highest BCUT2D eigenvalue weighted by Gasteiger charge is 2.08. The van der Waals surface area contributed by atoms with Crippen molar-refractivity contribution in [3.8, 4) is 0 Å². The topological polar surface area (TPSA) is 78.4 Å². The van der Waals surface area contributed by atoms with Crippen molar-refractivity contribution in [1.82, 2.24) is 10.6 Å². The van der Waals surface area contributed by atoms with Gasteiger partial charge >= 0.3 is 12.0 Å². The van der Waals surface area contributed by atoms with E-state index in [1.807, 2.05) is 24.3 Å². The molecular weight excluding hydrogens is 312 g/mol. The molecule has 6 heteroatoms. The molecule has 19 heavy (non-hydrogen) atoms. The van der Waals surface area contributed by atoms with E-state index in [4.69, 9.17) is 5.11 Å². The molecule has 0 bridgehead atoms. The second-order valence-electron chi connectivity index (χ2n) is 4.39. The Labute approximate surface area is 120 Å². The Morgan fingerprint density at radius 1 is 1.26 bits per heavy atom. The van der Waals surface area contributed by atoms with E-state index >= 15 is 0 Å². The number of carbonyl (C=O) groups is 2. The quantitative estimate of drug-likeness (QED) is 0.750. The van der Waals surface area contributed by atoms with Gasteiger partial charge in [0.25, 0.3) is 0 Å². The first-order valence-corrected chi connectivity index (χ1v) is 6.74. The van der Waals surface area contributed by atoms with E-state index in [1.54, 1.807) is 6.92 Å². The fraction of sp³-hybridized carbons (Fsp3) is 0.385. The number of urea groups is 1. The van der Waals surface area contributed by atoms with Crippen LogP contribution in [-0.2, 0) is 11.3 Å². The minimum absolute atomic E-state index is 0.0486. The van der Waals surface area contributed by atoms with Crippen LogP contribution in [0.1, 0.15) is 18.9 Å². The Morgan fingerprint density at radius 3 is 2.47 bits per heavy atom. The molecule has 0 saturated heterocycles. The summed E-state index contributed by atoms with van der Waals surface area (Å²) >= 11 is 3.34. The van der Waals surface area contributed by atoms with E-state index < -0.39 is 5.97 Å². The van der Waals surface area contributed by atoms with Gasteiger partial charge in [-0.05, 0) is 23.6 Å². The van der Waals surface area contributed by atoms with Crippen LogP contribution in [0.3, 0.4) is 0 Å². The van der Waals surface area contributed by atoms with Crippen molar-refractivity contribution >= 4 is 27.9 Å². The van der Waals surface area contributed by atoms with Gasteiger partial charge in [-0.3, -0.25) is 4.79 Å². The minimum Gasteiger partial charge on any atom is -0.481 e. The number of rotatable bonds is 6. The second-order valence-corrected chi connectivity index (χ2v) is 5.31. The summed E-state index contributed by atoms with van der Waals surface area (Å²) in [5.41, 5.74) is 0.997. The van der Waals surface area contributed by atoms with Crippen molar-refractivity contribution < 1.29 is 14.7 Å². The molecule has 0 aliphatic rings. The minimum atomic E-state index is -0.857. The lowest BCUT2D eigenvalue weighted by atomic mass is 10.1. The molecule has 3 N–H and O–H groups in total. The van der Waals surface area contributed by atoms with Gasteiger partial charge in [-0.15, -0.1) is 0 Å². The zero-order valence-corrected chi connectivity index (χ0v) is 12.2. The Hall–Kier alpha value is -1.56. The molecule has 5 nitrogen and oxygen atoms in total. The number of amides is 2. The molecule has 1 atom stereocenters. The van der Waals surface area contributed by atoms with E-state index in [2.05, 4.69) is 26.6 Å². The summed E-state index contributed by atoms with van der Waals surface area (Å²) in [7, 11) is 0. The number of carboxylic acids is 1. The second kappa shape index (κ2) is 7.78. The summed E-state index contributed by atoms with van der Waals surface area (Å²) in [4.78, 5) is 22.0. The van der Waals surface area contributed by atoms with Gasteiger partial charge in [0.15, 0.2) is 0 Å². The van der Waals surface area contributed by atoms with Crippen LogP contribution in [0.25, 0.3) is 0 Å². The molecule has 0 heterocycles. The van der Waals surface area contributed by atoms with Crippen LogP contribution in [0.15, 0.2) is 28.7 Å². The molecule has 0 spiro atoms. The smallest absolute Gasteiger partial charge is 0.315 e. The van der Waals surface area contributed by atoms with E-state index in [1.165, 1.54) is 0 Å². The average molecular weight is 329 g/mol. The van der Waals surface area contributed by atoms with Crippen molar-refractivity contribution in [2.75, 3.05) is 6.54 Å². The lowest BCUT2D eigenvalue weighted by Gasteiger charge is -2.11. The summed E-state index contributed by atoms with van der Waals surface area (Å²) < 4.78 is 0.989. The maximum atomic E-state index is 11.5. The number of carboxylic acid groups (broad SMARTS) is 1. The van der Waals surface area contributed by atoms with Gasteiger partial charge in [0, 0.05) is 24.0 Å². The predicted molar refractivity (Wildman–Crippen MR) is 75.8 cm³/mol. The summed E-state index contributed by atoms with van der Waals surface area (Å²) in [6.45, 7) is 2.56. The van der Waals surface area contributed by atoms with E-state index in [0.717, 1.165) is 10.0 Å². The third-order valence-electron chi connectivity index (χ3n) is 2.50. The van der Waals surface area contributed by atoms with Crippen LogP contribution in [-0.4, -0.2) is 23.7 Å². The molecule has 104 valence electrons. The molecule has 0 radical (unpaired) electrons. The number of benzene rings is 1. The van der Waals surface area contributed by atoms with Gasteiger partial charge in [-0.25, -0.2) is 4.79 Å². The molecule has 0 aliphatic carbocycles. The standard InChI is InChI=1S/C13H17BrN2O3/c1-9(6-12(17)18)7-15-13(19)16-8-10-2-4-11(14)5-3-10/h2-5,9H,6-8H2,1H3,(H,17,18)(H2,15,16,19). The molecule has 1 rings (SSSR count). The van der Waals surface area contributed by atoms with Gasteiger partial charge in [0.1, 0.15) is 0 Å². The highest BCUT2D eigenvalue weighted by Crippen LogP contribution is 2.10. The van der Waals surface area contributed by atoms with E-state index in [0.29, 0.717) is 13.1 Å². The van der Waals surface area contributed by atoms with Crippen molar-refractivity contribution in [1.29, 1.82) is 0 Å². The van der Waals surface area contributed by atoms with Crippen LogP contribution in [0, 0.1) is 5.92 Å². The normalized spacial score (nSPS) is 11.7. The van der Waals surface area contributed by atoms with Crippen LogP contribution in [0.5, 0.6) is 0 Å². The van der Waals surface area contributed by atoms with Crippen LogP contribution < -0.4 is 10.6 Å². The highest BCUT2D eigenvalue weighted by atomic mass is 79.9. The fourth-order valence-corrected chi connectivity index (χ4v) is 1.75. The Bertz CT molecular complexity index is 434. The molecule has 0 aromatic heterocycles. The number of halogens is 1. The molecule has 2 amide bonds. The number of carbonyl (C=O) groups excluding carboxylic acids is 1. The average Bonchev–Trinajstić information content (AvgIpc) is 2.35. The van der Waals surface area contributed by atoms with E-state index in [9.17, 15) is 9.59 Å². The molecule has 0 aliphatic heterocycles. The predicted octanol–water partition coefficient (Wildman–Crippen LogP) is 2.36. The van der Waals surface area contributed by atoms with Gasteiger partial charge < -0.3 is 15.7 Å². The number of hydrogen-bond acceptors (Lipinski definition) is 2. The molecular formula is C13H17BrN2O3. The lowest BCUT2D eigenvalue weighted by molar-refractivity contribution is -0.137.